The second-order valence-corrected chi connectivity index (χ2v) is 7.43. The molecule has 8 heteroatoms. The van der Waals surface area contributed by atoms with E-state index in [2.05, 4.69) is 39.9 Å². The fourth-order valence-electron chi connectivity index (χ4n) is 3.54. The predicted molar refractivity (Wildman–Crippen MR) is 115 cm³/mol. The van der Waals surface area contributed by atoms with Gasteiger partial charge in [-0.05, 0) is 59.5 Å². The lowest BCUT2D eigenvalue weighted by Gasteiger charge is -2.27. The Hall–Kier alpha value is -3.68. The quantitative estimate of drug-likeness (QED) is 0.583. The number of aromatic nitrogens is 4. The number of hydrogen-bond donors (Lipinski definition) is 1. The molecule has 1 N–H and O–H groups in total. The Labute approximate surface area is 180 Å². The number of nitrogens with one attached hydrogen (secondary N) is 1. The molecule has 1 aliphatic rings. The van der Waals surface area contributed by atoms with E-state index in [0.717, 1.165) is 23.3 Å². The number of allylic oxidation sites excluding steroid dienone is 1. The van der Waals surface area contributed by atoms with Crippen LogP contribution >= 0.6 is 0 Å². The van der Waals surface area contributed by atoms with Gasteiger partial charge in [0.25, 0.3) is 0 Å². The number of anilines is 1. The molecule has 0 radical (unpaired) electrons. The molecule has 0 spiro atoms. The summed E-state index contributed by atoms with van der Waals surface area (Å²) in [5.41, 5.74) is 4.36. The molecule has 8 nitrogen and oxygen atoms in total. The van der Waals surface area contributed by atoms with Gasteiger partial charge in [-0.25, -0.2) is 4.79 Å². The highest BCUT2D eigenvalue weighted by molar-refractivity contribution is 5.92. The Balaban J connectivity index is 1.59. The van der Waals surface area contributed by atoms with E-state index in [1.165, 1.54) is 5.56 Å². The van der Waals surface area contributed by atoms with E-state index in [1.807, 2.05) is 50.2 Å². The number of tetrazole rings is 1. The summed E-state index contributed by atoms with van der Waals surface area (Å²) >= 11 is 0. The molecule has 1 aliphatic heterocycles. The van der Waals surface area contributed by atoms with Gasteiger partial charge in [-0.1, -0.05) is 48.4 Å². The second kappa shape index (κ2) is 8.99. The van der Waals surface area contributed by atoms with Crippen LogP contribution in [-0.4, -0.2) is 32.8 Å². The van der Waals surface area contributed by atoms with Crippen LogP contribution in [0.1, 0.15) is 43.0 Å². The Kier molecular flexibility index (Phi) is 5.97. The lowest BCUT2D eigenvalue weighted by molar-refractivity contribution is -0.139. The fraction of sp³-hybridized carbons (Fsp3) is 0.304. The van der Waals surface area contributed by atoms with Gasteiger partial charge in [0.05, 0.1) is 12.2 Å². The van der Waals surface area contributed by atoms with E-state index in [9.17, 15) is 4.79 Å². The van der Waals surface area contributed by atoms with Crippen molar-refractivity contribution in [2.45, 2.75) is 39.8 Å². The number of benzene rings is 2. The van der Waals surface area contributed by atoms with Crippen molar-refractivity contribution in [2.24, 2.45) is 0 Å². The number of esters is 1. The smallest absolute Gasteiger partial charge is 0.338 e. The summed E-state index contributed by atoms with van der Waals surface area (Å²) in [6, 6.07) is 15.3. The zero-order valence-electron chi connectivity index (χ0n) is 17.8. The minimum absolute atomic E-state index is 0.358. The highest BCUT2D eigenvalue weighted by Gasteiger charge is 2.34. The number of carbonyl (C=O) groups excluding carboxylic acids is 1. The Morgan fingerprint density at radius 2 is 1.90 bits per heavy atom. The van der Waals surface area contributed by atoms with Crippen molar-refractivity contribution < 1.29 is 14.3 Å². The lowest BCUT2D eigenvalue weighted by atomic mass is 9.96. The molecule has 31 heavy (non-hydrogen) atoms. The molecule has 0 saturated carbocycles. The van der Waals surface area contributed by atoms with Gasteiger partial charge in [0.2, 0.25) is 5.95 Å². The van der Waals surface area contributed by atoms with Gasteiger partial charge in [0, 0.05) is 5.70 Å². The van der Waals surface area contributed by atoms with E-state index < -0.39 is 6.04 Å². The minimum atomic E-state index is -0.485. The maximum Gasteiger partial charge on any atom is 0.338 e. The van der Waals surface area contributed by atoms with Crippen molar-refractivity contribution in [2.75, 3.05) is 11.9 Å². The van der Waals surface area contributed by atoms with Gasteiger partial charge in [-0.15, -0.1) is 0 Å². The van der Waals surface area contributed by atoms with Gasteiger partial charge in [0.1, 0.15) is 18.4 Å². The maximum absolute atomic E-state index is 12.8. The monoisotopic (exact) mass is 419 g/mol. The van der Waals surface area contributed by atoms with Crippen molar-refractivity contribution >= 4 is 11.9 Å². The largest absolute Gasteiger partial charge is 0.489 e. The Bertz CT molecular complexity index is 1100. The van der Waals surface area contributed by atoms with E-state index in [0.29, 0.717) is 30.4 Å². The molecule has 0 bridgehead atoms. The van der Waals surface area contributed by atoms with Crippen LogP contribution < -0.4 is 10.1 Å². The number of ether oxygens (including phenoxy) is 2. The highest BCUT2D eigenvalue weighted by atomic mass is 16.5. The fourth-order valence-corrected chi connectivity index (χ4v) is 3.54. The summed E-state index contributed by atoms with van der Waals surface area (Å²) in [4.78, 5) is 12.8. The van der Waals surface area contributed by atoms with E-state index in [4.69, 9.17) is 9.47 Å². The zero-order chi connectivity index (χ0) is 21.8. The topological polar surface area (TPSA) is 91.2 Å². The van der Waals surface area contributed by atoms with Crippen molar-refractivity contribution in [3.8, 4) is 5.75 Å². The first kappa shape index (κ1) is 20.6. The standard InChI is InChI=1S/C23H25N5O3/c1-4-13-30-22(29)20-16(3)24-23-25-26-27-28(23)21(20)17-9-11-19(12-10-17)31-14-18-8-6-5-7-15(18)2/h5-12,21H,4,13-14H2,1-3H3,(H,24,25,27). The third kappa shape index (κ3) is 4.28. The van der Waals surface area contributed by atoms with Crippen molar-refractivity contribution in [3.05, 3.63) is 76.5 Å². The molecule has 0 saturated heterocycles. The molecule has 1 atom stereocenters. The van der Waals surface area contributed by atoms with Crippen LogP contribution in [0.3, 0.4) is 0 Å². The average molecular weight is 419 g/mol. The molecule has 2 aromatic carbocycles. The highest BCUT2D eigenvalue weighted by Crippen LogP contribution is 2.35. The number of rotatable bonds is 7. The van der Waals surface area contributed by atoms with Crippen LogP contribution in [-0.2, 0) is 16.1 Å². The van der Waals surface area contributed by atoms with Crippen molar-refractivity contribution in [1.82, 2.24) is 20.2 Å². The summed E-state index contributed by atoms with van der Waals surface area (Å²) in [5, 5.41) is 14.9. The van der Waals surface area contributed by atoms with Gasteiger partial charge >= 0.3 is 5.97 Å². The Morgan fingerprint density at radius 1 is 1.13 bits per heavy atom. The zero-order valence-corrected chi connectivity index (χ0v) is 17.8. The number of fused-ring (bicyclic) bond motifs is 1. The third-order valence-corrected chi connectivity index (χ3v) is 5.22. The number of carbonyl (C=O) groups is 1. The van der Waals surface area contributed by atoms with Crippen LogP contribution in [0.15, 0.2) is 59.8 Å². The first-order valence-electron chi connectivity index (χ1n) is 10.3. The molecule has 1 aromatic heterocycles. The van der Waals surface area contributed by atoms with Crippen LogP contribution in [0.2, 0.25) is 0 Å². The van der Waals surface area contributed by atoms with Crippen LogP contribution in [0.25, 0.3) is 0 Å². The summed E-state index contributed by atoms with van der Waals surface area (Å²) < 4.78 is 13.0. The average Bonchev–Trinajstić information content (AvgIpc) is 3.24. The van der Waals surface area contributed by atoms with Crippen molar-refractivity contribution in [3.63, 3.8) is 0 Å². The summed E-state index contributed by atoms with van der Waals surface area (Å²) in [6.07, 6.45) is 0.749. The van der Waals surface area contributed by atoms with Gasteiger partial charge in [-0.3, -0.25) is 0 Å². The molecular formula is C23H25N5O3. The third-order valence-electron chi connectivity index (χ3n) is 5.22. The van der Waals surface area contributed by atoms with Crippen LogP contribution in [0, 0.1) is 6.92 Å². The summed E-state index contributed by atoms with van der Waals surface area (Å²) in [6.45, 7) is 6.70. The van der Waals surface area contributed by atoms with E-state index in [-0.39, 0.29) is 5.97 Å². The van der Waals surface area contributed by atoms with Gasteiger partial charge < -0.3 is 14.8 Å². The van der Waals surface area contributed by atoms with Crippen molar-refractivity contribution in [1.29, 1.82) is 0 Å². The molecule has 4 rings (SSSR count). The second-order valence-electron chi connectivity index (χ2n) is 7.43. The van der Waals surface area contributed by atoms with E-state index in [1.54, 1.807) is 4.68 Å². The number of nitrogens with zero attached hydrogens (tertiary/aromatic N) is 4. The molecule has 3 aromatic rings. The summed E-state index contributed by atoms with van der Waals surface area (Å²) in [5.74, 6) is 0.848. The molecule has 0 aliphatic carbocycles. The first-order valence-corrected chi connectivity index (χ1v) is 10.3. The lowest BCUT2D eigenvalue weighted by Crippen LogP contribution is -2.29. The first-order chi connectivity index (χ1) is 15.1. The van der Waals surface area contributed by atoms with Gasteiger partial charge in [-0.2, -0.15) is 4.68 Å². The van der Waals surface area contributed by atoms with Gasteiger partial charge in [0.15, 0.2) is 0 Å². The predicted octanol–water partition coefficient (Wildman–Crippen LogP) is 3.80. The number of aryl methyl sites for hydroxylation is 1. The normalized spacial score (nSPS) is 15.3. The molecular weight excluding hydrogens is 394 g/mol. The number of hydrogen-bond acceptors (Lipinski definition) is 7. The molecule has 2 heterocycles. The summed E-state index contributed by atoms with van der Waals surface area (Å²) in [7, 11) is 0. The Morgan fingerprint density at radius 3 is 2.65 bits per heavy atom. The van der Waals surface area contributed by atoms with Crippen LogP contribution in [0.4, 0.5) is 5.95 Å². The SMILES string of the molecule is CCCOC(=O)C1=C(C)Nc2nnnn2C1c1ccc(OCc2ccccc2C)cc1. The maximum atomic E-state index is 12.8. The molecule has 0 amide bonds. The molecule has 160 valence electrons. The van der Waals surface area contributed by atoms with Crippen LogP contribution in [0.5, 0.6) is 5.75 Å². The minimum Gasteiger partial charge on any atom is -0.489 e. The van der Waals surface area contributed by atoms with E-state index >= 15 is 0 Å². The molecule has 1 unspecified atom stereocenters. The molecule has 0 fully saturated rings.